The summed E-state index contributed by atoms with van der Waals surface area (Å²) in [5.74, 6) is 0.741. The highest BCUT2D eigenvalue weighted by Gasteiger charge is 2.43. The molecule has 1 aliphatic heterocycles. The zero-order valence-electron chi connectivity index (χ0n) is 19.6. The number of aromatic nitrogens is 1. The molecule has 3 aromatic rings. The fraction of sp³-hybridized carbons (Fsp3) is 0.385. The minimum Gasteiger partial charge on any atom is -0.493 e. The van der Waals surface area contributed by atoms with Crippen molar-refractivity contribution in [3.05, 3.63) is 71.1 Å². The highest BCUT2D eigenvalue weighted by molar-refractivity contribution is 14.1. The van der Waals surface area contributed by atoms with Gasteiger partial charge in [-0.05, 0) is 90.7 Å². The van der Waals surface area contributed by atoms with E-state index in [0.29, 0.717) is 48.8 Å². The van der Waals surface area contributed by atoms with Crippen LogP contribution in [0.25, 0.3) is 11.5 Å². The van der Waals surface area contributed by atoms with E-state index in [1.54, 1.807) is 6.92 Å². The van der Waals surface area contributed by atoms with Gasteiger partial charge in [0.1, 0.15) is 11.5 Å². The summed E-state index contributed by atoms with van der Waals surface area (Å²) in [5, 5.41) is 9.69. The summed E-state index contributed by atoms with van der Waals surface area (Å²) < 4.78 is 49.0. The molecular weight excluding hydrogens is 588 g/mol. The second-order valence-electron chi connectivity index (χ2n) is 8.78. The first-order valence-corrected chi connectivity index (χ1v) is 12.7. The van der Waals surface area contributed by atoms with Crippen LogP contribution in [0.1, 0.15) is 41.8 Å². The predicted octanol–water partition coefficient (Wildman–Crippen LogP) is 6.49. The Morgan fingerprint density at radius 3 is 2.50 bits per heavy atom. The van der Waals surface area contributed by atoms with Gasteiger partial charge in [-0.15, -0.1) is 0 Å². The molecular formula is C26H26F3IN2O4. The fourth-order valence-electron chi connectivity index (χ4n) is 4.21. The van der Waals surface area contributed by atoms with E-state index in [9.17, 15) is 23.1 Å². The Hall–Kier alpha value is -2.60. The van der Waals surface area contributed by atoms with Crippen molar-refractivity contribution in [1.82, 2.24) is 9.88 Å². The van der Waals surface area contributed by atoms with Gasteiger partial charge in [0.15, 0.2) is 3.55 Å². The SMILES string of the molecule is Cc1oc(-c2ccc(C(F)(F)F)cc2)nc1CCOc1ccc(CN2CCCCC2(I)C(=O)O)cc1. The lowest BCUT2D eigenvalue weighted by Gasteiger charge is -2.40. The van der Waals surface area contributed by atoms with E-state index in [1.807, 2.05) is 29.2 Å². The van der Waals surface area contributed by atoms with Crippen LogP contribution in [0.2, 0.25) is 0 Å². The molecule has 0 bridgehead atoms. The molecule has 1 saturated heterocycles. The molecule has 0 radical (unpaired) electrons. The number of aryl methyl sites for hydroxylation is 1. The largest absolute Gasteiger partial charge is 0.493 e. The molecule has 36 heavy (non-hydrogen) atoms. The van der Waals surface area contributed by atoms with Gasteiger partial charge in [0.2, 0.25) is 5.89 Å². The number of alkyl halides is 4. The number of hydrogen-bond acceptors (Lipinski definition) is 5. The van der Waals surface area contributed by atoms with Gasteiger partial charge in [0.05, 0.1) is 17.9 Å². The van der Waals surface area contributed by atoms with Crippen molar-refractivity contribution in [2.75, 3.05) is 13.2 Å². The molecule has 0 spiro atoms. The number of hydrogen-bond donors (Lipinski definition) is 1. The van der Waals surface area contributed by atoms with Crippen LogP contribution in [0.5, 0.6) is 5.75 Å². The first kappa shape index (κ1) is 26.5. The summed E-state index contributed by atoms with van der Waals surface area (Å²) in [6.45, 7) is 3.41. The lowest BCUT2D eigenvalue weighted by atomic mass is 10.0. The molecule has 1 N–H and O–H groups in total. The Morgan fingerprint density at radius 2 is 1.86 bits per heavy atom. The number of aliphatic carboxylic acids is 1. The van der Waals surface area contributed by atoms with E-state index < -0.39 is 21.3 Å². The third-order valence-electron chi connectivity index (χ3n) is 6.27. The Balaban J connectivity index is 1.32. The van der Waals surface area contributed by atoms with Crippen LogP contribution in [0, 0.1) is 6.92 Å². The smallest absolute Gasteiger partial charge is 0.416 e. The van der Waals surface area contributed by atoms with Gasteiger partial charge in [-0.2, -0.15) is 13.2 Å². The van der Waals surface area contributed by atoms with E-state index in [1.165, 1.54) is 12.1 Å². The van der Waals surface area contributed by atoms with Crippen LogP contribution in [0.15, 0.2) is 52.9 Å². The second kappa shape index (κ2) is 10.8. The Bertz CT molecular complexity index is 1200. The Kier molecular flexibility index (Phi) is 7.93. The lowest BCUT2D eigenvalue weighted by molar-refractivity contribution is -0.146. The van der Waals surface area contributed by atoms with E-state index in [4.69, 9.17) is 9.15 Å². The van der Waals surface area contributed by atoms with Crippen LogP contribution in [0.4, 0.5) is 13.2 Å². The van der Waals surface area contributed by atoms with Crippen molar-refractivity contribution in [1.29, 1.82) is 0 Å². The van der Waals surface area contributed by atoms with Crippen LogP contribution in [-0.2, 0) is 23.9 Å². The number of oxazole rings is 1. The van der Waals surface area contributed by atoms with Crippen LogP contribution < -0.4 is 4.74 Å². The maximum absolute atomic E-state index is 12.8. The highest BCUT2D eigenvalue weighted by atomic mass is 127. The average molecular weight is 614 g/mol. The molecule has 1 unspecified atom stereocenters. The van der Waals surface area contributed by atoms with Crippen molar-refractivity contribution < 1.29 is 32.2 Å². The van der Waals surface area contributed by atoms with Gasteiger partial charge in [-0.25, -0.2) is 9.78 Å². The van der Waals surface area contributed by atoms with Gasteiger partial charge in [0, 0.05) is 25.1 Å². The van der Waals surface area contributed by atoms with Crippen molar-refractivity contribution in [2.45, 2.75) is 48.9 Å². The topological polar surface area (TPSA) is 75.8 Å². The standard InChI is InChI=1S/C26H26F3IN2O4/c1-17-22(31-23(36-17)19-6-8-20(9-7-19)26(27,28)29)12-15-35-21-10-4-18(5-11-21)16-32-14-3-2-13-25(32,30)24(33)34/h4-11H,2-3,12-16H2,1H3,(H,33,34). The van der Waals surface area contributed by atoms with Crippen LogP contribution in [-0.4, -0.2) is 37.7 Å². The average Bonchev–Trinajstić information content (AvgIpc) is 3.21. The van der Waals surface area contributed by atoms with Crippen molar-refractivity contribution >= 4 is 28.6 Å². The van der Waals surface area contributed by atoms with E-state index >= 15 is 0 Å². The van der Waals surface area contributed by atoms with Crippen molar-refractivity contribution in [2.24, 2.45) is 0 Å². The molecule has 2 heterocycles. The predicted molar refractivity (Wildman–Crippen MR) is 136 cm³/mol. The van der Waals surface area contributed by atoms with E-state index in [0.717, 1.165) is 37.1 Å². The molecule has 10 heteroatoms. The highest BCUT2D eigenvalue weighted by Crippen LogP contribution is 2.36. The van der Waals surface area contributed by atoms with Crippen molar-refractivity contribution in [3.63, 3.8) is 0 Å². The maximum Gasteiger partial charge on any atom is 0.416 e. The molecule has 1 aromatic heterocycles. The molecule has 0 aliphatic carbocycles. The number of benzene rings is 2. The van der Waals surface area contributed by atoms with Gasteiger partial charge in [0.25, 0.3) is 0 Å². The summed E-state index contributed by atoms with van der Waals surface area (Å²) in [4.78, 5) is 18.2. The number of carbonyl (C=O) groups is 1. The van der Waals surface area contributed by atoms with Crippen LogP contribution in [0.3, 0.4) is 0 Å². The molecule has 1 aliphatic rings. The molecule has 6 nitrogen and oxygen atoms in total. The van der Waals surface area contributed by atoms with Gasteiger partial charge >= 0.3 is 12.1 Å². The zero-order valence-corrected chi connectivity index (χ0v) is 21.8. The number of piperidine rings is 1. The molecule has 4 rings (SSSR count). The minimum atomic E-state index is -4.39. The van der Waals surface area contributed by atoms with Crippen molar-refractivity contribution in [3.8, 4) is 17.2 Å². The summed E-state index contributed by atoms with van der Waals surface area (Å²) in [6.07, 6.45) is -1.39. The Morgan fingerprint density at radius 1 is 1.17 bits per heavy atom. The number of carboxylic acids is 1. The normalized spacial score (nSPS) is 18.8. The summed E-state index contributed by atoms with van der Waals surface area (Å²) in [7, 11) is 0. The molecule has 0 saturated carbocycles. The number of rotatable bonds is 8. The molecule has 192 valence electrons. The van der Waals surface area contributed by atoms with Gasteiger partial charge in [-0.1, -0.05) is 12.1 Å². The molecule has 1 atom stereocenters. The number of ether oxygens (including phenoxy) is 1. The molecule has 1 fully saturated rings. The van der Waals surface area contributed by atoms with E-state index in [-0.39, 0.29) is 5.89 Å². The second-order valence-corrected chi connectivity index (χ2v) is 10.6. The van der Waals surface area contributed by atoms with Gasteiger partial charge in [-0.3, -0.25) is 4.90 Å². The number of halogens is 4. The van der Waals surface area contributed by atoms with E-state index in [2.05, 4.69) is 27.6 Å². The summed E-state index contributed by atoms with van der Waals surface area (Å²) in [6, 6.07) is 12.3. The number of carboxylic acid groups (broad SMARTS) is 1. The molecule has 2 aromatic carbocycles. The van der Waals surface area contributed by atoms with Gasteiger partial charge < -0.3 is 14.3 Å². The minimum absolute atomic E-state index is 0.269. The Labute approximate surface area is 220 Å². The third-order valence-corrected chi connectivity index (χ3v) is 7.95. The maximum atomic E-state index is 12.8. The number of nitrogens with zero attached hydrogens (tertiary/aromatic N) is 2. The monoisotopic (exact) mass is 614 g/mol. The zero-order chi connectivity index (χ0) is 25.9. The van der Waals surface area contributed by atoms with Crippen LogP contribution >= 0.6 is 22.6 Å². The number of likely N-dealkylation sites (tertiary alicyclic amines) is 1. The first-order chi connectivity index (χ1) is 17.1. The summed E-state index contributed by atoms with van der Waals surface area (Å²) in [5.41, 5.74) is 1.44. The molecule has 0 amide bonds. The fourth-order valence-corrected chi connectivity index (χ4v) is 5.00. The summed E-state index contributed by atoms with van der Waals surface area (Å²) >= 11 is 2.05. The lowest BCUT2D eigenvalue weighted by Crippen LogP contribution is -2.52. The quantitative estimate of drug-likeness (QED) is 0.178. The first-order valence-electron chi connectivity index (χ1n) is 11.6. The third kappa shape index (κ3) is 6.03.